The fourth-order valence-electron chi connectivity index (χ4n) is 3.17. The molecule has 4 rings (SSSR count). The second-order valence-electron chi connectivity index (χ2n) is 5.94. The van der Waals surface area contributed by atoms with Gasteiger partial charge in [0.1, 0.15) is 10.7 Å². The molecule has 3 aromatic heterocycles. The molecule has 0 N–H and O–H groups in total. The maximum absolute atomic E-state index is 6.74. The van der Waals surface area contributed by atoms with Crippen molar-refractivity contribution in [3.8, 4) is 0 Å². The van der Waals surface area contributed by atoms with Gasteiger partial charge in [0.25, 0.3) is 0 Å². The number of fused-ring (bicyclic) bond motifs is 4. The predicted octanol–water partition coefficient (Wildman–Crippen LogP) is 5.11. The van der Waals surface area contributed by atoms with Crippen LogP contribution >= 0.6 is 22.9 Å². The lowest BCUT2D eigenvalue weighted by Crippen LogP contribution is -2.06. The lowest BCUT2D eigenvalue weighted by atomic mass is 9.95. The molecule has 3 heterocycles. The van der Waals surface area contributed by atoms with Crippen molar-refractivity contribution >= 4 is 43.4 Å². The summed E-state index contributed by atoms with van der Waals surface area (Å²) in [6, 6.07) is 0. The van der Waals surface area contributed by atoms with Gasteiger partial charge >= 0.3 is 0 Å². The molecule has 114 valence electrons. The molecule has 0 bridgehead atoms. The van der Waals surface area contributed by atoms with Crippen molar-refractivity contribution in [1.82, 2.24) is 15.0 Å². The van der Waals surface area contributed by atoms with Gasteiger partial charge < -0.3 is 0 Å². The first kappa shape index (κ1) is 14.3. The zero-order valence-electron chi connectivity index (χ0n) is 12.7. The van der Waals surface area contributed by atoms with Gasteiger partial charge in [0.15, 0.2) is 0 Å². The van der Waals surface area contributed by atoms with Crippen LogP contribution in [0.25, 0.3) is 20.4 Å². The molecule has 0 amide bonds. The summed E-state index contributed by atoms with van der Waals surface area (Å²) in [7, 11) is 0. The first-order valence-corrected chi connectivity index (χ1v) is 9.22. The Bertz CT molecular complexity index is 856. The fraction of sp³-hybridized carbons (Fsp3) is 0.471. The molecule has 3 nitrogen and oxygen atoms in total. The number of hydrogen-bond acceptors (Lipinski definition) is 4. The summed E-state index contributed by atoms with van der Waals surface area (Å²) in [5.41, 5.74) is 3.43. The van der Waals surface area contributed by atoms with Crippen molar-refractivity contribution in [3.05, 3.63) is 28.3 Å². The lowest BCUT2D eigenvalue weighted by molar-refractivity contribution is 0.672. The van der Waals surface area contributed by atoms with E-state index >= 15 is 0 Å². The van der Waals surface area contributed by atoms with E-state index in [-0.39, 0.29) is 0 Å². The molecular formula is C17H18ClN3S. The molecule has 0 atom stereocenters. The monoisotopic (exact) mass is 331 g/mol. The third-order valence-electron chi connectivity index (χ3n) is 4.38. The number of hydrogen-bond donors (Lipinski definition) is 0. The molecule has 5 heteroatoms. The Morgan fingerprint density at radius 1 is 1.23 bits per heavy atom. The van der Waals surface area contributed by atoms with E-state index in [2.05, 4.69) is 11.9 Å². The van der Waals surface area contributed by atoms with Crippen LogP contribution in [-0.4, -0.2) is 15.0 Å². The van der Waals surface area contributed by atoms with Crippen molar-refractivity contribution in [1.29, 1.82) is 0 Å². The Morgan fingerprint density at radius 3 is 2.95 bits per heavy atom. The van der Waals surface area contributed by atoms with E-state index in [1.165, 1.54) is 24.1 Å². The van der Waals surface area contributed by atoms with E-state index in [1.54, 1.807) is 11.3 Å². The van der Waals surface area contributed by atoms with Gasteiger partial charge in [-0.3, -0.25) is 0 Å². The van der Waals surface area contributed by atoms with E-state index in [0.717, 1.165) is 63.4 Å². The second-order valence-corrected chi connectivity index (χ2v) is 7.35. The zero-order chi connectivity index (χ0) is 15.1. The standard InChI is InChI=1S/C17H18ClN3S/c1-2-3-8-13-19-9-12-16(21-13)14-15(18)10-6-4-5-7-11(10)20-17(14)22-12/h9H,2-8H2,1H3. The average Bonchev–Trinajstić information content (AvgIpc) is 2.91. The highest BCUT2D eigenvalue weighted by atomic mass is 35.5. The topological polar surface area (TPSA) is 38.7 Å². The molecular weight excluding hydrogens is 314 g/mol. The van der Waals surface area contributed by atoms with Crippen molar-refractivity contribution in [2.24, 2.45) is 0 Å². The van der Waals surface area contributed by atoms with Crippen LogP contribution in [0.2, 0.25) is 5.02 Å². The Hall–Kier alpha value is -1.26. The predicted molar refractivity (Wildman–Crippen MR) is 93.0 cm³/mol. The van der Waals surface area contributed by atoms with Crippen LogP contribution in [0.3, 0.4) is 0 Å². The summed E-state index contributed by atoms with van der Waals surface area (Å²) < 4.78 is 1.09. The third kappa shape index (κ3) is 2.29. The van der Waals surface area contributed by atoms with Crippen LogP contribution < -0.4 is 0 Å². The largest absolute Gasteiger partial charge is 0.241 e. The van der Waals surface area contributed by atoms with E-state index in [0.29, 0.717) is 0 Å². The van der Waals surface area contributed by atoms with Gasteiger partial charge in [-0.2, -0.15) is 0 Å². The van der Waals surface area contributed by atoms with E-state index in [1.807, 2.05) is 6.20 Å². The summed E-state index contributed by atoms with van der Waals surface area (Å²) in [4.78, 5) is 15.2. The van der Waals surface area contributed by atoms with Gasteiger partial charge in [-0.1, -0.05) is 24.9 Å². The van der Waals surface area contributed by atoms with Gasteiger partial charge in [0, 0.05) is 18.3 Å². The van der Waals surface area contributed by atoms with Gasteiger partial charge in [0.2, 0.25) is 0 Å². The third-order valence-corrected chi connectivity index (χ3v) is 5.80. The molecule has 0 radical (unpaired) electrons. The minimum Gasteiger partial charge on any atom is -0.241 e. The summed E-state index contributed by atoms with van der Waals surface area (Å²) >= 11 is 8.40. The van der Waals surface area contributed by atoms with Crippen molar-refractivity contribution in [2.75, 3.05) is 0 Å². The molecule has 0 unspecified atom stereocenters. The van der Waals surface area contributed by atoms with Crippen molar-refractivity contribution in [3.63, 3.8) is 0 Å². The highest BCUT2D eigenvalue weighted by Gasteiger charge is 2.21. The number of unbranched alkanes of at least 4 members (excludes halogenated alkanes) is 1. The first-order chi connectivity index (χ1) is 10.8. The molecule has 0 spiro atoms. The Labute approximate surface area is 138 Å². The Kier molecular flexibility index (Phi) is 3.74. The smallest absolute Gasteiger partial charge is 0.129 e. The number of halogens is 1. The van der Waals surface area contributed by atoms with E-state index in [4.69, 9.17) is 21.6 Å². The zero-order valence-corrected chi connectivity index (χ0v) is 14.2. The van der Waals surface area contributed by atoms with Crippen molar-refractivity contribution in [2.45, 2.75) is 51.9 Å². The van der Waals surface area contributed by atoms with Crippen LogP contribution in [0.5, 0.6) is 0 Å². The molecule has 1 aliphatic carbocycles. The Morgan fingerprint density at radius 2 is 2.09 bits per heavy atom. The fourth-order valence-corrected chi connectivity index (χ4v) is 4.63. The molecule has 0 saturated heterocycles. The van der Waals surface area contributed by atoms with Crippen LogP contribution in [0.15, 0.2) is 6.20 Å². The van der Waals surface area contributed by atoms with Gasteiger partial charge in [-0.25, -0.2) is 15.0 Å². The van der Waals surface area contributed by atoms with E-state index < -0.39 is 0 Å². The summed E-state index contributed by atoms with van der Waals surface area (Å²) in [5, 5.41) is 1.92. The molecule has 22 heavy (non-hydrogen) atoms. The maximum Gasteiger partial charge on any atom is 0.129 e. The number of thiophene rings is 1. The minimum absolute atomic E-state index is 0.881. The molecule has 0 fully saturated rings. The normalized spacial score (nSPS) is 14.6. The SMILES string of the molecule is CCCCc1ncc2sc3nc4c(c(Cl)c3c2n1)CCCC4. The van der Waals surface area contributed by atoms with Crippen LogP contribution in [0.1, 0.15) is 49.7 Å². The number of nitrogens with zero attached hydrogens (tertiary/aromatic N) is 3. The van der Waals surface area contributed by atoms with Gasteiger partial charge in [0.05, 0.1) is 20.6 Å². The van der Waals surface area contributed by atoms with Gasteiger partial charge in [-0.15, -0.1) is 11.3 Å². The molecule has 0 aromatic carbocycles. The summed E-state index contributed by atoms with van der Waals surface area (Å²) in [6.07, 6.45) is 9.66. The highest BCUT2D eigenvalue weighted by Crippen LogP contribution is 2.40. The molecule has 0 aliphatic heterocycles. The summed E-state index contributed by atoms with van der Waals surface area (Å²) in [6.45, 7) is 2.19. The number of pyridine rings is 1. The second kappa shape index (κ2) is 5.74. The quantitative estimate of drug-likeness (QED) is 0.669. The van der Waals surface area contributed by atoms with Crippen LogP contribution in [-0.2, 0) is 19.3 Å². The molecule has 3 aromatic rings. The number of aryl methyl sites for hydroxylation is 2. The molecule has 1 aliphatic rings. The van der Waals surface area contributed by atoms with Crippen molar-refractivity contribution < 1.29 is 0 Å². The van der Waals surface area contributed by atoms with E-state index in [9.17, 15) is 0 Å². The van der Waals surface area contributed by atoms with Gasteiger partial charge in [-0.05, 0) is 37.7 Å². The maximum atomic E-state index is 6.74. The number of rotatable bonds is 3. The molecule has 0 saturated carbocycles. The summed E-state index contributed by atoms with van der Waals surface area (Å²) in [5.74, 6) is 0.919. The lowest BCUT2D eigenvalue weighted by Gasteiger charge is -2.16. The van der Waals surface area contributed by atoms with Crippen LogP contribution in [0.4, 0.5) is 0 Å². The first-order valence-electron chi connectivity index (χ1n) is 8.03. The average molecular weight is 332 g/mol. The Balaban J connectivity index is 1.94. The highest BCUT2D eigenvalue weighted by molar-refractivity contribution is 7.25. The number of aromatic nitrogens is 3. The minimum atomic E-state index is 0.881. The van der Waals surface area contributed by atoms with Crippen LogP contribution in [0, 0.1) is 0 Å².